The summed E-state index contributed by atoms with van der Waals surface area (Å²) in [5.74, 6) is 0.296. The molecule has 116 valence electrons. The lowest BCUT2D eigenvalue weighted by molar-refractivity contribution is 0.0915. The summed E-state index contributed by atoms with van der Waals surface area (Å²) in [6.45, 7) is 6.16. The Balaban J connectivity index is 2.11. The van der Waals surface area contributed by atoms with Crippen molar-refractivity contribution in [2.75, 3.05) is 12.8 Å². The van der Waals surface area contributed by atoms with E-state index in [0.29, 0.717) is 11.4 Å². The fourth-order valence-corrected chi connectivity index (χ4v) is 2.62. The van der Waals surface area contributed by atoms with Crippen LogP contribution in [-0.4, -0.2) is 30.1 Å². The number of aromatic nitrogens is 1. The Morgan fingerprint density at radius 2 is 2.10 bits per heavy atom. The largest absolute Gasteiger partial charge is 0.384 e. The van der Waals surface area contributed by atoms with Crippen molar-refractivity contribution in [3.05, 3.63) is 23.4 Å². The molecule has 5 heteroatoms. The van der Waals surface area contributed by atoms with Crippen molar-refractivity contribution in [2.45, 2.75) is 57.6 Å². The van der Waals surface area contributed by atoms with E-state index in [0.717, 1.165) is 25.0 Å². The van der Waals surface area contributed by atoms with Gasteiger partial charge in [0.05, 0.1) is 6.10 Å². The topological polar surface area (TPSA) is 77.2 Å². The summed E-state index contributed by atoms with van der Waals surface area (Å²) < 4.78 is 5.33. The Hall–Kier alpha value is -1.62. The third kappa shape index (κ3) is 3.94. The van der Waals surface area contributed by atoms with E-state index in [-0.39, 0.29) is 23.5 Å². The molecule has 1 amide bonds. The van der Waals surface area contributed by atoms with Gasteiger partial charge < -0.3 is 15.8 Å². The molecule has 0 aliphatic heterocycles. The van der Waals surface area contributed by atoms with E-state index in [2.05, 4.69) is 31.1 Å². The van der Waals surface area contributed by atoms with Crippen molar-refractivity contribution in [3.8, 4) is 0 Å². The number of carbonyl (C=O) groups excluding carboxylic acids is 1. The van der Waals surface area contributed by atoms with Gasteiger partial charge in [-0.2, -0.15) is 0 Å². The number of carbonyl (C=O) groups is 1. The third-order valence-corrected chi connectivity index (χ3v) is 3.93. The molecule has 1 aliphatic carbocycles. The number of nitrogens with one attached hydrogen (secondary N) is 1. The molecular formula is C16H25N3O2. The molecule has 5 nitrogen and oxygen atoms in total. The predicted molar refractivity (Wildman–Crippen MR) is 83.3 cm³/mol. The number of pyridine rings is 1. The second kappa shape index (κ2) is 6.02. The molecule has 1 aliphatic rings. The summed E-state index contributed by atoms with van der Waals surface area (Å²) in [5, 5.41) is 3.06. The van der Waals surface area contributed by atoms with Crippen molar-refractivity contribution in [1.29, 1.82) is 0 Å². The van der Waals surface area contributed by atoms with Gasteiger partial charge in [0, 0.05) is 29.8 Å². The molecule has 2 unspecified atom stereocenters. The lowest BCUT2D eigenvalue weighted by Crippen LogP contribution is -2.33. The molecule has 1 aromatic heterocycles. The zero-order valence-corrected chi connectivity index (χ0v) is 13.3. The number of anilines is 1. The standard InChI is InChI=1S/C16H25N3O2/c1-16(2,3)13-7-10(8-14(17)19-13)15(20)18-11-5-6-12(9-11)21-4/h7-8,11-12H,5-6,9H2,1-4H3,(H2,17,19)(H,18,20). The van der Waals surface area contributed by atoms with Crippen LogP contribution >= 0.6 is 0 Å². The molecular weight excluding hydrogens is 266 g/mol. The molecule has 1 aromatic rings. The van der Waals surface area contributed by atoms with Gasteiger partial charge in [0.15, 0.2) is 0 Å². The van der Waals surface area contributed by atoms with Gasteiger partial charge in [0.2, 0.25) is 0 Å². The Morgan fingerprint density at radius 3 is 2.67 bits per heavy atom. The first-order chi connectivity index (χ1) is 9.79. The maximum atomic E-state index is 12.4. The van der Waals surface area contributed by atoms with E-state index in [1.165, 1.54) is 0 Å². The van der Waals surface area contributed by atoms with E-state index < -0.39 is 0 Å². The molecule has 0 aromatic carbocycles. The summed E-state index contributed by atoms with van der Waals surface area (Å²) in [6.07, 6.45) is 3.07. The van der Waals surface area contributed by atoms with Crippen LogP contribution in [0.1, 0.15) is 56.1 Å². The summed E-state index contributed by atoms with van der Waals surface area (Å²) in [6, 6.07) is 3.64. The monoisotopic (exact) mass is 291 g/mol. The van der Waals surface area contributed by atoms with Crippen LogP contribution in [0.2, 0.25) is 0 Å². The molecule has 3 N–H and O–H groups in total. The summed E-state index contributed by atoms with van der Waals surface area (Å²) in [5.41, 5.74) is 7.10. The van der Waals surface area contributed by atoms with Gasteiger partial charge in [-0.15, -0.1) is 0 Å². The molecule has 2 atom stereocenters. The van der Waals surface area contributed by atoms with E-state index in [4.69, 9.17) is 10.5 Å². The molecule has 0 bridgehead atoms. The number of methoxy groups -OCH3 is 1. The minimum absolute atomic E-state index is 0.0867. The highest BCUT2D eigenvalue weighted by molar-refractivity contribution is 5.95. The van der Waals surface area contributed by atoms with Crippen molar-refractivity contribution in [3.63, 3.8) is 0 Å². The summed E-state index contributed by atoms with van der Waals surface area (Å²) in [4.78, 5) is 16.7. The first kappa shape index (κ1) is 15.8. The minimum Gasteiger partial charge on any atom is -0.384 e. The Bertz CT molecular complexity index is 523. The fourth-order valence-electron chi connectivity index (χ4n) is 2.62. The second-order valence-corrected chi connectivity index (χ2v) is 6.76. The van der Waals surface area contributed by atoms with Crippen molar-refractivity contribution >= 4 is 11.7 Å². The van der Waals surface area contributed by atoms with Gasteiger partial charge in [-0.1, -0.05) is 20.8 Å². The molecule has 1 saturated carbocycles. The molecule has 0 saturated heterocycles. The van der Waals surface area contributed by atoms with Crippen LogP contribution in [0.25, 0.3) is 0 Å². The number of amides is 1. The average molecular weight is 291 g/mol. The van der Waals surface area contributed by atoms with Crippen LogP contribution in [0.4, 0.5) is 5.82 Å². The number of hydrogen-bond donors (Lipinski definition) is 2. The number of hydrogen-bond acceptors (Lipinski definition) is 4. The lowest BCUT2D eigenvalue weighted by Gasteiger charge is -2.19. The first-order valence-corrected chi connectivity index (χ1v) is 7.41. The van der Waals surface area contributed by atoms with Gasteiger partial charge in [0.25, 0.3) is 5.91 Å². The molecule has 1 heterocycles. The Kier molecular flexibility index (Phi) is 4.52. The highest BCUT2D eigenvalue weighted by atomic mass is 16.5. The van der Waals surface area contributed by atoms with Gasteiger partial charge in [-0.25, -0.2) is 4.98 Å². The number of nitrogen functional groups attached to an aromatic ring is 1. The molecule has 0 spiro atoms. The van der Waals surface area contributed by atoms with Crippen LogP contribution in [-0.2, 0) is 10.2 Å². The fraction of sp³-hybridized carbons (Fsp3) is 0.625. The van der Waals surface area contributed by atoms with Crippen LogP contribution in [0, 0.1) is 0 Å². The van der Waals surface area contributed by atoms with Crippen LogP contribution < -0.4 is 11.1 Å². The van der Waals surface area contributed by atoms with E-state index >= 15 is 0 Å². The third-order valence-electron chi connectivity index (χ3n) is 3.93. The smallest absolute Gasteiger partial charge is 0.251 e. The SMILES string of the molecule is COC1CCC(NC(=O)c2cc(N)nc(C(C)(C)C)c2)C1. The van der Waals surface area contributed by atoms with Gasteiger partial charge in [-0.05, 0) is 31.4 Å². The number of nitrogens with two attached hydrogens (primary N) is 1. The summed E-state index contributed by atoms with van der Waals surface area (Å²) >= 11 is 0. The Labute approximate surface area is 126 Å². The van der Waals surface area contributed by atoms with E-state index in [1.54, 1.807) is 13.2 Å². The zero-order valence-electron chi connectivity index (χ0n) is 13.3. The van der Waals surface area contributed by atoms with Crippen molar-refractivity contribution in [2.24, 2.45) is 0 Å². The maximum absolute atomic E-state index is 12.4. The van der Waals surface area contributed by atoms with Crippen LogP contribution in [0.15, 0.2) is 12.1 Å². The van der Waals surface area contributed by atoms with E-state index in [9.17, 15) is 4.79 Å². The first-order valence-electron chi connectivity index (χ1n) is 7.41. The Morgan fingerprint density at radius 1 is 1.38 bits per heavy atom. The zero-order chi connectivity index (χ0) is 15.6. The summed E-state index contributed by atoms with van der Waals surface area (Å²) in [7, 11) is 1.72. The minimum atomic E-state index is -0.140. The lowest BCUT2D eigenvalue weighted by atomic mass is 9.90. The number of rotatable bonds is 3. The molecule has 2 rings (SSSR count). The molecule has 21 heavy (non-hydrogen) atoms. The second-order valence-electron chi connectivity index (χ2n) is 6.76. The van der Waals surface area contributed by atoms with Gasteiger partial charge in [-0.3, -0.25) is 4.79 Å². The molecule has 0 radical (unpaired) electrons. The van der Waals surface area contributed by atoms with Crippen LogP contribution in [0.3, 0.4) is 0 Å². The van der Waals surface area contributed by atoms with Crippen molar-refractivity contribution in [1.82, 2.24) is 10.3 Å². The van der Waals surface area contributed by atoms with E-state index in [1.807, 2.05) is 6.07 Å². The highest BCUT2D eigenvalue weighted by Gasteiger charge is 2.26. The highest BCUT2D eigenvalue weighted by Crippen LogP contribution is 2.24. The van der Waals surface area contributed by atoms with Gasteiger partial charge in [0.1, 0.15) is 5.82 Å². The van der Waals surface area contributed by atoms with Crippen molar-refractivity contribution < 1.29 is 9.53 Å². The molecule has 1 fully saturated rings. The average Bonchev–Trinajstić information content (AvgIpc) is 2.84. The predicted octanol–water partition coefficient (Wildman–Crippen LogP) is 2.26. The number of ether oxygens (including phenoxy) is 1. The number of nitrogens with zero attached hydrogens (tertiary/aromatic N) is 1. The van der Waals surface area contributed by atoms with Crippen LogP contribution in [0.5, 0.6) is 0 Å². The normalized spacial score (nSPS) is 22.3. The van der Waals surface area contributed by atoms with Gasteiger partial charge >= 0.3 is 0 Å². The quantitative estimate of drug-likeness (QED) is 0.895. The maximum Gasteiger partial charge on any atom is 0.251 e.